The van der Waals surface area contributed by atoms with Gasteiger partial charge < -0.3 is 11.5 Å². The van der Waals surface area contributed by atoms with Crippen LogP contribution in [0.1, 0.15) is 45.5 Å². The Labute approximate surface area is 149 Å². The van der Waals surface area contributed by atoms with Crippen molar-refractivity contribution in [3.8, 4) is 0 Å². The highest BCUT2D eigenvalue weighted by atomic mass is 79.9. The number of aryl methyl sites for hydroxylation is 4. The summed E-state index contributed by atoms with van der Waals surface area (Å²) in [5.74, 6) is 0. The Morgan fingerprint density at radius 2 is 0.864 bits per heavy atom. The van der Waals surface area contributed by atoms with E-state index >= 15 is 0 Å². The molecule has 2 aromatic carbocycles. The molecule has 0 fully saturated rings. The van der Waals surface area contributed by atoms with Crippen molar-refractivity contribution in [2.45, 2.75) is 39.8 Å². The molecule has 2 aromatic rings. The Bertz CT molecular complexity index is 603. The molecule has 4 heteroatoms. The van der Waals surface area contributed by atoms with Crippen molar-refractivity contribution in [3.05, 3.63) is 66.6 Å². The molecule has 2 nitrogen and oxygen atoms in total. The molecule has 0 aliphatic heterocycles. The minimum atomic E-state index is -0.230. The molecule has 118 valence electrons. The molecule has 0 spiro atoms. The van der Waals surface area contributed by atoms with Crippen molar-refractivity contribution < 1.29 is 0 Å². The molecular formula is C18H22Br2N2. The molecule has 2 rings (SSSR count). The SMILES string of the molecule is Cc1cc(Br)cc(C)c1C(N)C(N)c1c(C)cc(Br)cc1C. The molecule has 4 N–H and O–H groups in total. The maximum Gasteiger partial charge on any atom is 0.0496 e. The zero-order valence-corrected chi connectivity index (χ0v) is 16.5. The van der Waals surface area contributed by atoms with Crippen molar-refractivity contribution in [2.24, 2.45) is 11.5 Å². The number of benzene rings is 2. The Balaban J connectivity index is 2.49. The Morgan fingerprint density at radius 3 is 1.09 bits per heavy atom. The summed E-state index contributed by atoms with van der Waals surface area (Å²) in [7, 11) is 0. The van der Waals surface area contributed by atoms with Crippen LogP contribution in [0, 0.1) is 27.7 Å². The normalized spacial score (nSPS) is 14.0. The molecular weight excluding hydrogens is 404 g/mol. The first kappa shape index (κ1) is 17.7. The van der Waals surface area contributed by atoms with E-state index in [1.807, 2.05) is 0 Å². The second-order valence-corrected chi connectivity index (χ2v) is 7.79. The van der Waals surface area contributed by atoms with E-state index in [0.29, 0.717) is 0 Å². The van der Waals surface area contributed by atoms with Gasteiger partial charge in [0.1, 0.15) is 0 Å². The molecule has 0 saturated heterocycles. The van der Waals surface area contributed by atoms with Gasteiger partial charge in [0, 0.05) is 21.0 Å². The van der Waals surface area contributed by atoms with Crippen LogP contribution >= 0.6 is 31.9 Å². The van der Waals surface area contributed by atoms with Gasteiger partial charge in [0.05, 0.1) is 0 Å². The van der Waals surface area contributed by atoms with E-state index in [-0.39, 0.29) is 12.1 Å². The van der Waals surface area contributed by atoms with Gasteiger partial charge in [0.25, 0.3) is 0 Å². The third kappa shape index (κ3) is 3.46. The highest BCUT2D eigenvalue weighted by Crippen LogP contribution is 2.34. The van der Waals surface area contributed by atoms with Crippen LogP contribution in [0.5, 0.6) is 0 Å². The molecule has 0 saturated carbocycles. The van der Waals surface area contributed by atoms with Gasteiger partial charge in [-0.25, -0.2) is 0 Å². The van der Waals surface area contributed by atoms with Crippen LogP contribution in [0.15, 0.2) is 33.2 Å². The summed E-state index contributed by atoms with van der Waals surface area (Å²) in [6.07, 6.45) is 0. The lowest BCUT2D eigenvalue weighted by Crippen LogP contribution is -2.29. The van der Waals surface area contributed by atoms with Crippen molar-refractivity contribution in [3.63, 3.8) is 0 Å². The molecule has 2 unspecified atom stereocenters. The number of hydrogen-bond donors (Lipinski definition) is 2. The fourth-order valence-electron chi connectivity index (χ4n) is 3.25. The molecule has 0 bridgehead atoms. The van der Waals surface area contributed by atoms with E-state index in [2.05, 4.69) is 83.8 Å². The fourth-order valence-corrected chi connectivity index (χ4v) is 4.63. The summed E-state index contributed by atoms with van der Waals surface area (Å²) in [6.45, 7) is 8.34. The number of rotatable bonds is 3. The first-order valence-corrected chi connectivity index (χ1v) is 8.85. The van der Waals surface area contributed by atoms with Gasteiger partial charge in [-0.15, -0.1) is 0 Å². The lowest BCUT2D eigenvalue weighted by atomic mass is 9.86. The van der Waals surface area contributed by atoms with Gasteiger partial charge in [-0.3, -0.25) is 0 Å². The molecule has 0 amide bonds. The van der Waals surface area contributed by atoms with E-state index in [0.717, 1.165) is 20.1 Å². The first-order chi connectivity index (χ1) is 10.2. The van der Waals surface area contributed by atoms with Crippen molar-refractivity contribution in [1.82, 2.24) is 0 Å². The second kappa shape index (κ2) is 6.83. The Hall–Kier alpha value is -0.680. The predicted molar refractivity (Wildman–Crippen MR) is 101 cm³/mol. The largest absolute Gasteiger partial charge is 0.322 e. The minimum absolute atomic E-state index is 0.230. The van der Waals surface area contributed by atoms with E-state index in [4.69, 9.17) is 11.5 Å². The van der Waals surface area contributed by atoms with E-state index in [1.165, 1.54) is 22.3 Å². The second-order valence-electron chi connectivity index (χ2n) is 5.96. The zero-order chi connectivity index (χ0) is 16.6. The number of hydrogen-bond acceptors (Lipinski definition) is 2. The molecule has 2 atom stereocenters. The van der Waals surface area contributed by atoms with Crippen LogP contribution in [0.4, 0.5) is 0 Å². The van der Waals surface area contributed by atoms with Gasteiger partial charge in [-0.05, 0) is 85.3 Å². The van der Waals surface area contributed by atoms with Gasteiger partial charge in [-0.1, -0.05) is 31.9 Å². The average Bonchev–Trinajstić information content (AvgIpc) is 2.35. The van der Waals surface area contributed by atoms with Crippen LogP contribution in [-0.4, -0.2) is 0 Å². The standard InChI is InChI=1S/C18H22Br2N2/c1-9-5-13(19)6-10(2)15(9)17(21)18(22)16-11(3)7-14(20)8-12(16)4/h5-8,17-18H,21-22H2,1-4H3. The molecule has 0 aromatic heterocycles. The van der Waals surface area contributed by atoms with Gasteiger partial charge in [-0.2, -0.15) is 0 Å². The average molecular weight is 426 g/mol. The first-order valence-electron chi connectivity index (χ1n) is 7.26. The quantitative estimate of drug-likeness (QED) is 0.714. The monoisotopic (exact) mass is 424 g/mol. The zero-order valence-electron chi connectivity index (χ0n) is 13.4. The Kier molecular flexibility index (Phi) is 5.49. The van der Waals surface area contributed by atoms with Gasteiger partial charge >= 0.3 is 0 Å². The van der Waals surface area contributed by atoms with Crippen molar-refractivity contribution in [2.75, 3.05) is 0 Å². The predicted octanol–water partition coefficient (Wildman–Crippen LogP) is 5.15. The molecule has 22 heavy (non-hydrogen) atoms. The maximum absolute atomic E-state index is 6.55. The highest BCUT2D eigenvalue weighted by Gasteiger charge is 2.23. The summed E-state index contributed by atoms with van der Waals surface area (Å²) in [5.41, 5.74) is 20.0. The summed E-state index contributed by atoms with van der Waals surface area (Å²) in [6, 6.07) is 7.91. The van der Waals surface area contributed by atoms with E-state index in [9.17, 15) is 0 Å². The van der Waals surface area contributed by atoms with Crippen LogP contribution in [-0.2, 0) is 0 Å². The smallest absolute Gasteiger partial charge is 0.0496 e. The molecule has 0 aliphatic carbocycles. The number of nitrogens with two attached hydrogens (primary N) is 2. The van der Waals surface area contributed by atoms with Crippen LogP contribution in [0.2, 0.25) is 0 Å². The lowest BCUT2D eigenvalue weighted by Gasteiger charge is -2.27. The van der Waals surface area contributed by atoms with Crippen LogP contribution < -0.4 is 11.5 Å². The summed E-state index contributed by atoms with van der Waals surface area (Å²) in [4.78, 5) is 0. The summed E-state index contributed by atoms with van der Waals surface area (Å²) in [5, 5.41) is 0. The maximum atomic E-state index is 6.55. The third-order valence-electron chi connectivity index (χ3n) is 4.17. The van der Waals surface area contributed by atoms with E-state index < -0.39 is 0 Å². The highest BCUT2D eigenvalue weighted by molar-refractivity contribution is 9.10. The number of halogens is 2. The van der Waals surface area contributed by atoms with Crippen LogP contribution in [0.3, 0.4) is 0 Å². The fraction of sp³-hybridized carbons (Fsp3) is 0.333. The summed E-state index contributed by atoms with van der Waals surface area (Å²) < 4.78 is 2.14. The molecule has 0 aliphatic rings. The minimum Gasteiger partial charge on any atom is -0.322 e. The van der Waals surface area contributed by atoms with Crippen molar-refractivity contribution in [1.29, 1.82) is 0 Å². The van der Waals surface area contributed by atoms with Gasteiger partial charge in [0.15, 0.2) is 0 Å². The van der Waals surface area contributed by atoms with E-state index in [1.54, 1.807) is 0 Å². The van der Waals surface area contributed by atoms with Gasteiger partial charge in [0.2, 0.25) is 0 Å². The Morgan fingerprint density at radius 1 is 0.636 bits per heavy atom. The molecule has 0 heterocycles. The van der Waals surface area contributed by atoms with Crippen LogP contribution in [0.25, 0.3) is 0 Å². The molecule has 0 radical (unpaired) electrons. The topological polar surface area (TPSA) is 52.0 Å². The lowest BCUT2D eigenvalue weighted by molar-refractivity contribution is 0.564. The summed E-state index contributed by atoms with van der Waals surface area (Å²) >= 11 is 7.06. The van der Waals surface area contributed by atoms with Crippen molar-refractivity contribution >= 4 is 31.9 Å². The third-order valence-corrected chi connectivity index (χ3v) is 5.09.